The van der Waals surface area contributed by atoms with Crippen LogP contribution in [0.3, 0.4) is 0 Å². The second-order valence-corrected chi connectivity index (χ2v) is 6.37. The third-order valence-electron chi connectivity index (χ3n) is 3.58. The number of ether oxygens (including phenoxy) is 2. The molecule has 3 rings (SSSR count). The fourth-order valence-corrected chi connectivity index (χ4v) is 2.71. The van der Waals surface area contributed by atoms with Gasteiger partial charge in [-0.2, -0.15) is 0 Å². The van der Waals surface area contributed by atoms with E-state index in [2.05, 4.69) is 26.8 Å². The minimum Gasteiger partial charge on any atom is -0.486 e. The van der Waals surface area contributed by atoms with Crippen molar-refractivity contribution in [3.63, 3.8) is 0 Å². The van der Waals surface area contributed by atoms with Crippen LogP contribution < -0.4 is 15.6 Å². The van der Waals surface area contributed by atoms with E-state index in [4.69, 9.17) is 13.9 Å². The van der Waals surface area contributed by atoms with E-state index in [1.807, 2.05) is 24.3 Å². The number of hydrogen-bond acceptors (Lipinski definition) is 5. The Hall–Kier alpha value is -2.32. The molecule has 0 saturated carbocycles. The molecule has 7 nitrogen and oxygen atoms in total. The van der Waals surface area contributed by atoms with Gasteiger partial charge >= 0.3 is 5.91 Å². The van der Waals surface area contributed by atoms with Gasteiger partial charge in [0.1, 0.15) is 24.2 Å². The van der Waals surface area contributed by atoms with E-state index in [1.54, 1.807) is 6.07 Å². The average Bonchev–Trinajstić information content (AvgIpc) is 3.29. The van der Waals surface area contributed by atoms with Crippen LogP contribution in [-0.4, -0.2) is 24.5 Å². The van der Waals surface area contributed by atoms with Crippen molar-refractivity contribution in [2.24, 2.45) is 0 Å². The highest BCUT2D eigenvalue weighted by atomic mass is 79.9. The number of carbonyl (C=O) groups excluding carboxylic acids is 2. The number of furan rings is 1. The second-order valence-electron chi connectivity index (χ2n) is 5.46. The molecular weight excluding hydrogens is 392 g/mol. The molecule has 2 N–H and O–H groups in total. The lowest BCUT2D eigenvalue weighted by molar-refractivity contribution is -0.130. The highest BCUT2D eigenvalue weighted by Gasteiger charge is 2.24. The lowest BCUT2D eigenvalue weighted by Crippen LogP contribution is -2.46. The molecule has 2 aromatic rings. The molecule has 0 bridgehead atoms. The number of benzene rings is 1. The SMILES string of the molecule is O=C(NNC(=O)C1CCCO1)c1ccc(COc2cccc(Br)c2)o1. The molecule has 1 fully saturated rings. The Morgan fingerprint density at radius 1 is 1.24 bits per heavy atom. The number of nitrogens with one attached hydrogen (secondary N) is 2. The first kappa shape index (κ1) is 17.5. The normalized spacial score (nSPS) is 16.4. The standard InChI is InChI=1S/C17H17BrN2O5/c18-11-3-1-4-12(9-11)24-10-13-6-7-15(25-13)17(22)20-19-16(21)14-5-2-8-23-14/h1,3-4,6-7,9,14H,2,5,8,10H2,(H,19,21)(H,20,22). The Labute approximate surface area is 152 Å². The van der Waals surface area contributed by atoms with Crippen molar-refractivity contribution in [3.8, 4) is 5.75 Å². The third kappa shape index (κ3) is 4.83. The number of hydrazine groups is 1. The summed E-state index contributed by atoms with van der Waals surface area (Å²) in [5.74, 6) is 0.354. The van der Waals surface area contributed by atoms with Gasteiger partial charge in [-0.25, -0.2) is 0 Å². The highest BCUT2D eigenvalue weighted by Crippen LogP contribution is 2.19. The Morgan fingerprint density at radius 2 is 2.12 bits per heavy atom. The minimum atomic E-state index is -0.542. The van der Waals surface area contributed by atoms with Gasteiger partial charge in [-0.1, -0.05) is 22.0 Å². The summed E-state index contributed by atoms with van der Waals surface area (Å²) in [5.41, 5.74) is 4.65. The molecule has 2 amide bonds. The van der Waals surface area contributed by atoms with Crippen molar-refractivity contribution in [2.45, 2.75) is 25.6 Å². The number of halogens is 1. The van der Waals surface area contributed by atoms with Gasteiger partial charge in [-0.3, -0.25) is 20.4 Å². The summed E-state index contributed by atoms with van der Waals surface area (Å²) >= 11 is 3.37. The van der Waals surface area contributed by atoms with Gasteiger partial charge in [0, 0.05) is 11.1 Å². The third-order valence-corrected chi connectivity index (χ3v) is 4.08. The van der Waals surface area contributed by atoms with E-state index in [1.165, 1.54) is 6.07 Å². The Bertz CT molecular complexity index is 755. The average molecular weight is 409 g/mol. The zero-order valence-electron chi connectivity index (χ0n) is 13.3. The van der Waals surface area contributed by atoms with E-state index in [-0.39, 0.29) is 18.3 Å². The van der Waals surface area contributed by atoms with Crippen LogP contribution in [0.1, 0.15) is 29.2 Å². The summed E-state index contributed by atoms with van der Waals surface area (Å²) in [6.45, 7) is 0.748. The van der Waals surface area contributed by atoms with Crippen molar-refractivity contribution < 1.29 is 23.5 Å². The molecule has 1 unspecified atom stereocenters. The van der Waals surface area contributed by atoms with Crippen LogP contribution >= 0.6 is 15.9 Å². The zero-order chi connectivity index (χ0) is 17.6. The molecule has 1 aliphatic heterocycles. The maximum absolute atomic E-state index is 12.0. The van der Waals surface area contributed by atoms with Crippen molar-refractivity contribution in [1.29, 1.82) is 0 Å². The van der Waals surface area contributed by atoms with Gasteiger partial charge in [0.05, 0.1) is 0 Å². The van der Waals surface area contributed by atoms with E-state index < -0.39 is 12.0 Å². The van der Waals surface area contributed by atoms with Crippen LogP contribution in [0.25, 0.3) is 0 Å². The first-order valence-electron chi connectivity index (χ1n) is 7.81. The summed E-state index contributed by atoms with van der Waals surface area (Å²) in [6, 6.07) is 10.6. The summed E-state index contributed by atoms with van der Waals surface area (Å²) in [4.78, 5) is 23.8. The molecule has 1 aliphatic rings. The fourth-order valence-electron chi connectivity index (χ4n) is 2.33. The minimum absolute atomic E-state index is 0.0838. The summed E-state index contributed by atoms with van der Waals surface area (Å²) in [7, 11) is 0. The molecule has 1 aromatic heterocycles. The molecule has 1 atom stereocenters. The number of rotatable bonds is 5. The molecule has 0 aliphatic carbocycles. The zero-order valence-corrected chi connectivity index (χ0v) is 14.9. The lowest BCUT2D eigenvalue weighted by atomic mass is 10.2. The van der Waals surface area contributed by atoms with Crippen molar-refractivity contribution in [2.75, 3.05) is 6.61 Å². The molecule has 0 spiro atoms. The Morgan fingerprint density at radius 3 is 2.88 bits per heavy atom. The lowest BCUT2D eigenvalue weighted by Gasteiger charge is -2.10. The maximum atomic E-state index is 12.0. The van der Waals surface area contributed by atoms with Crippen LogP contribution in [0.2, 0.25) is 0 Å². The van der Waals surface area contributed by atoms with Gasteiger partial charge in [-0.15, -0.1) is 0 Å². The molecule has 1 aromatic carbocycles. The van der Waals surface area contributed by atoms with Crippen LogP contribution in [0.4, 0.5) is 0 Å². The molecular formula is C17H17BrN2O5. The maximum Gasteiger partial charge on any atom is 0.305 e. The van der Waals surface area contributed by atoms with Crippen LogP contribution in [0.5, 0.6) is 5.75 Å². The van der Waals surface area contributed by atoms with E-state index >= 15 is 0 Å². The summed E-state index contributed by atoms with van der Waals surface area (Å²) in [5, 5.41) is 0. The number of hydrogen-bond donors (Lipinski definition) is 2. The van der Waals surface area contributed by atoms with Gasteiger partial charge in [0.2, 0.25) is 0 Å². The largest absolute Gasteiger partial charge is 0.486 e. The van der Waals surface area contributed by atoms with Gasteiger partial charge in [-0.05, 0) is 43.2 Å². The quantitative estimate of drug-likeness (QED) is 0.741. The predicted molar refractivity (Wildman–Crippen MR) is 91.8 cm³/mol. The van der Waals surface area contributed by atoms with Crippen molar-refractivity contribution in [1.82, 2.24) is 10.9 Å². The van der Waals surface area contributed by atoms with Gasteiger partial charge in [0.25, 0.3) is 5.91 Å². The van der Waals surface area contributed by atoms with Crippen LogP contribution in [-0.2, 0) is 16.1 Å². The molecule has 2 heterocycles. The number of amides is 2. The van der Waals surface area contributed by atoms with Crippen LogP contribution in [0.15, 0.2) is 45.3 Å². The molecule has 132 valence electrons. The smallest absolute Gasteiger partial charge is 0.305 e. The molecule has 25 heavy (non-hydrogen) atoms. The van der Waals surface area contributed by atoms with Gasteiger partial charge < -0.3 is 13.9 Å². The summed E-state index contributed by atoms with van der Waals surface area (Å²) < 4.78 is 17.2. The Balaban J connectivity index is 1.48. The Kier molecular flexibility index (Phi) is 5.72. The van der Waals surface area contributed by atoms with Crippen molar-refractivity contribution in [3.05, 3.63) is 52.4 Å². The number of carbonyl (C=O) groups is 2. The second kappa shape index (κ2) is 8.17. The fraction of sp³-hybridized carbons (Fsp3) is 0.294. The first-order chi connectivity index (χ1) is 12.1. The summed E-state index contributed by atoms with van der Waals surface area (Å²) in [6.07, 6.45) is 0.983. The first-order valence-corrected chi connectivity index (χ1v) is 8.60. The monoisotopic (exact) mass is 408 g/mol. The van der Waals surface area contributed by atoms with E-state index in [0.717, 1.165) is 10.9 Å². The molecule has 1 saturated heterocycles. The highest BCUT2D eigenvalue weighted by molar-refractivity contribution is 9.10. The predicted octanol–water partition coefficient (Wildman–Crippen LogP) is 2.56. The van der Waals surface area contributed by atoms with E-state index in [0.29, 0.717) is 24.5 Å². The van der Waals surface area contributed by atoms with E-state index in [9.17, 15) is 9.59 Å². The van der Waals surface area contributed by atoms with Crippen LogP contribution in [0, 0.1) is 0 Å². The van der Waals surface area contributed by atoms with Crippen molar-refractivity contribution >= 4 is 27.7 Å². The molecule has 0 radical (unpaired) electrons. The van der Waals surface area contributed by atoms with Gasteiger partial charge in [0.15, 0.2) is 5.76 Å². The molecule has 8 heteroatoms. The topological polar surface area (TPSA) is 89.8 Å².